The Bertz CT molecular complexity index is 3520. The van der Waals surface area contributed by atoms with Crippen LogP contribution in [-0.4, -0.2) is 9.97 Å². The van der Waals surface area contributed by atoms with Crippen molar-refractivity contribution in [1.29, 1.82) is 0 Å². The molecule has 296 valence electrons. The van der Waals surface area contributed by atoms with Crippen LogP contribution in [0.5, 0.6) is 0 Å². The number of benzene rings is 9. The average Bonchev–Trinajstić information content (AvgIpc) is 3.87. The fraction of sp³-hybridized carbons (Fsp3) is 0.0333. The van der Waals surface area contributed by atoms with Crippen LogP contribution < -0.4 is 0 Å². The third-order valence-electron chi connectivity index (χ3n) is 13.0. The minimum Gasteiger partial charge on any atom is -0.456 e. The Morgan fingerprint density at radius 2 is 0.873 bits per heavy atom. The van der Waals surface area contributed by atoms with Crippen molar-refractivity contribution in [2.45, 2.75) is 12.3 Å². The van der Waals surface area contributed by atoms with Gasteiger partial charge in [-0.05, 0) is 123 Å². The van der Waals surface area contributed by atoms with Gasteiger partial charge in [-0.15, -0.1) is 0 Å². The molecule has 0 saturated carbocycles. The Labute approximate surface area is 366 Å². The molecule has 63 heavy (non-hydrogen) atoms. The molecule has 12 rings (SSSR count). The van der Waals surface area contributed by atoms with Crippen molar-refractivity contribution in [3.8, 4) is 78.4 Å². The zero-order valence-corrected chi connectivity index (χ0v) is 34.7. The normalized spacial score (nSPS) is 14.2. The molecule has 0 N–H and O–H groups in total. The smallest absolute Gasteiger partial charge is 0.160 e. The zero-order chi connectivity index (χ0) is 41.9. The van der Waals surface area contributed by atoms with Gasteiger partial charge >= 0.3 is 0 Å². The Morgan fingerprint density at radius 3 is 1.68 bits per heavy atom. The summed E-state index contributed by atoms with van der Waals surface area (Å²) in [5, 5.41) is 2.21. The summed E-state index contributed by atoms with van der Waals surface area (Å²) >= 11 is 0. The van der Waals surface area contributed by atoms with E-state index in [1.807, 2.05) is 30.3 Å². The van der Waals surface area contributed by atoms with E-state index in [9.17, 15) is 0 Å². The maximum Gasteiger partial charge on any atom is 0.160 e. The van der Waals surface area contributed by atoms with Gasteiger partial charge in [-0.1, -0.05) is 170 Å². The lowest BCUT2D eigenvalue weighted by Gasteiger charge is -2.28. The van der Waals surface area contributed by atoms with E-state index >= 15 is 0 Å². The Hall–Kier alpha value is -8.14. The number of nitrogens with zero attached hydrogens (tertiary/aromatic N) is 2. The van der Waals surface area contributed by atoms with E-state index in [1.54, 1.807) is 0 Å². The van der Waals surface area contributed by atoms with Crippen molar-refractivity contribution in [2.75, 3.05) is 0 Å². The van der Waals surface area contributed by atoms with Crippen LogP contribution in [0.25, 0.3) is 100 Å². The van der Waals surface area contributed by atoms with E-state index in [-0.39, 0.29) is 5.41 Å². The number of para-hydroxylation sites is 1. The molecule has 0 spiro atoms. The maximum absolute atomic E-state index is 6.22. The van der Waals surface area contributed by atoms with Gasteiger partial charge in [0.05, 0.1) is 11.4 Å². The van der Waals surface area contributed by atoms with E-state index in [1.165, 1.54) is 33.4 Å². The minimum atomic E-state index is -0.239. The van der Waals surface area contributed by atoms with Crippen molar-refractivity contribution < 1.29 is 4.42 Å². The highest BCUT2D eigenvalue weighted by molar-refractivity contribution is 6.06. The van der Waals surface area contributed by atoms with Crippen molar-refractivity contribution in [3.05, 3.63) is 241 Å². The molecule has 0 aliphatic heterocycles. The van der Waals surface area contributed by atoms with E-state index in [4.69, 9.17) is 14.4 Å². The molecule has 3 heteroatoms. The average molecular weight is 805 g/mol. The second-order valence-electron chi connectivity index (χ2n) is 16.7. The highest BCUT2D eigenvalue weighted by Crippen LogP contribution is 2.53. The summed E-state index contributed by atoms with van der Waals surface area (Å²) in [5.41, 5.74) is 19.6. The predicted molar refractivity (Wildman–Crippen MR) is 259 cm³/mol. The first-order chi connectivity index (χ1) is 31.1. The summed E-state index contributed by atoms with van der Waals surface area (Å²) in [6, 6.07) is 80.1. The number of hydrogen-bond acceptors (Lipinski definition) is 3. The van der Waals surface area contributed by atoms with E-state index < -0.39 is 0 Å². The molecule has 0 amide bonds. The lowest BCUT2D eigenvalue weighted by molar-refractivity contribution is 0.669. The summed E-state index contributed by atoms with van der Waals surface area (Å²) in [5.74, 6) is 0.681. The summed E-state index contributed by atoms with van der Waals surface area (Å²) in [4.78, 5) is 10.6. The number of rotatable bonds is 7. The van der Waals surface area contributed by atoms with Crippen LogP contribution in [0.3, 0.4) is 0 Å². The predicted octanol–water partition coefficient (Wildman–Crippen LogP) is 15.7. The molecular formula is C60H40N2O. The second kappa shape index (κ2) is 14.8. The van der Waals surface area contributed by atoms with Crippen molar-refractivity contribution in [2.24, 2.45) is 0 Å². The van der Waals surface area contributed by atoms with Crippen molar-refractivity contribution in [3.63, 3.8) is 0 Å². The SMILES string of the molecule is CC1(c2ccccc2)c2ccccc2-c2cc(-c3cccc(-c4cc(-c5cc(-c6ccccc6)cc(-c6ccc7oc8ccccc8c7c6)c5)nc(-c5ccccc5)n4)c3)ccc21. The van der Waals surface area contributed by atoms with E-state index in [2.05, 4.69) is 201 Å². The topological polar surface area (TPSA) is 38.9 Å². The van der Waals surface area contributed by atoms with Crippen LogP contribution in [0.4, 0.5) is 0 Å². The molecule has 11 aromatic rings. The molecule has 9 aromatic carbocycles. The molecule has 2 heterocycles. The van der Waals surface area contributed by atoms with Gasteiger partial charge in [-0.3, -0.25) is 0 Å². The first-order valence-electron chi connectivity index (χ1n) is 21.5. The molecule has 1 aliphatic rings. The van der Waals surface area contributed by atoms with Gasteiger partial charge in [-0.2, -0.15) is 0 Å². The molecule has 0 fully saturated rings. The van der Waals surface area contributed by atoms with Gasteiger partial charge in [-0.25, -0.2) is 9.97 Å². The fourth-order valence-corrected chi connectivity index (χ4v) is 9.73. The summed E-state index contributed by atoms with van der Waals surface area (Å²) in [6.07, 6.45) is 0. The Balaban J connectivity index is 0.998. The number of fused-ring (bicyclic) bond motifs is 6. The summed E-state index contributed by atoms with van der Waals surface area (Å²) < 4.78 is 6.22. The Kier molecular flexibility index (Phi) is 8.62. The number of hydrogen-bond donors (Lipinski definition) is 0. The van der Waals surface area contributed by atoms with Gasteiger partial charge in [0, 0.05) is 32.9 Å². The van der Waals surface area contributed by atoms with Crippen LogP contribution in [0.1, 0.15) is 23.6 Å². The molecule has 2 aromatic heterocycles. The third-order valence-corrected chi connectivity index (χ3v) is 13.0. The van der Waals surface area contributed by atoms with Crippen LogP contribution in [-0.2, 0) is 5.41 Å². The minimum absolute atomic E-state index is 0.239. The van der Waals surface area contributed by atoms with Gasteiger partial charge in [0.15, 0.2) is 5.82 Å². The van der Waals surface area contributed by atoms with Gasteiger partial charge < -0.3 is 4.42 Å². The highest BCUT2D eigenvalue weighted by Gasteiger charge is 2.40. The zero-order valence-electron chi connectivity index (χ0n) is 34.7. The lowest BCUT2D eigenvalue weighted by Crippen LogP contribution is -2.22. The highest BCUT2D eigenvalue weighted by atomic mass is 16.3. The van der Waals surface area contributed by atoms with Gasteiger partial charge in [0.2, 0.25) is 0 Å². The first-order valence-corrected chi connectivity index (χ1v) is 21.5. The van der Waals surface area contributed by atoms with E-state index in [0.29, 0.717) is 5.82 Å². The molecule has 1 atom stereocenters. The van der Waals surface area contributed by atoms with E-state index in [0.717, 1.165) is 77.8 Å². The second-order valence-corrected chi connectivity index (χ2v) is 16.7. The Morgan fingerprint density at radius 1 is 0.333 bits per heavy atom. The largest absolute Gasteiger partial charge is 0.456 e. The van der Waals surface area contributed by atoms with Crippen LogP contribution >= 0.6 is 0 Å². The lowest BCUT2D eigenvalue weighted by atomic mass is 9.74. The standard InChI is InChI=1S/C60H40N2O/c1-60(48-22-9-4-10-23-48)53-26-13-11-24-49(53)51-36-42(28-30-54(51)60)41-20-15-21-44(32-41)55-38-56(62-59(61-55)40-18-7-3-8-19-40)47-34-45(39-16-5-2-6-17-39)33-46(35-47)43-29-31-58-52(37-43)50-25-12-14-27-57(50)63-58/h2-38H,1H3. The molecular weight excluding hydrogens is 765 g/mol. The fourth-order valence-electron chi connectivity index (χ4n) is 9.73. The molecule has 0 bridgehead atoms. The van der Waals surface area contributed by atoms with Crippen LogP contribution in [0.2, 0.25) is 0 Å². The third kappa shape index (κ3) is 6.28. The monoisotopic (exact) mass is 804 g/mol. The molecule has 1 aliphatic carbocycles. The number of aromatic nitrogens is 2. The van der Waals surface area contributed by atoms with Crippen molar-refractivity contribution in [1.82, 2.24) is 9.97 Å². The summed E-state index contributed by atoms with van der Waals surface area (Å²) in [7, 11) is 0. The van der Waals surface area contributed by atoms with Crippen LogP contribution in [0.15, 0.2) is 229 Å². The van der Waals surface area contributed by atoms with Crippen molar-refractivity contribution >= 4 is 21.9 Å². The van der Waals surface area contributed by atoms with Crippen LogP contribution in [0, 0.1) is 0 Å². The van der Waals surface area contributed by atoms with Gasteiger partial charge in [0.25, 0.3) is 0 Å². The quantitative estimate of drug-likeness (QED) is 0.161. The molecule has 0 saturated heterocycles. The molecule has 1 unspecified atom stereocenters. The van der Waals surface area contributed by atoms with Gasteiger partial charge in [0.1, 0.15) is 11.2 Å². The number of furan rings is 1. The summed E-state index contributed by atoms with van der Waals surface area (Å²) in [6.45, 7) is 2.36. The first kappa shape index (κ1) is 36.7. The molecule has 3 nitrogen and oxygen atoms in total. The molecule has 0 radical (unpaired) electrons. The maximum atomic E-state index is 6.22.